The average Bonchev–Trinajstić information content (AvgIpc) is 4.57. The Morgan fingerprint density at radius 3 is 1.42 bits per heavy atom. The lowest BCUT2D eigenvalue weighted by Crippen LogP contribution is -2.62. The van der Waals surface area contributed by atoms with E-state index >= 15 is 0 Å². The summed E-state index contributed by atoms with van der Waals surface area (Å²) in [7, 11) is 5.68. The van der Waals surface area contributed by atoms with E-state index in [0.717, 1.165) is 46.8 Å². The summed E-state index contributed by atoms with van der Waals surface area (Å²) >= 11 is 14.4. The number of amides is 4. The van der Waals surface area contributed by atoms with Crippen molar-refractivity contribution in [2.45, 2.75) is 125 Å². The Bertz CT molecular complexity index is 2870. The molecule has 2 aliphatic heterocycles. The van der Waals surface area contributed by atoms with Gasteiger partial charge in [-0.3, -0.25) is 33.6 Å². The SMILES string of the molecule is CNC(=O)[C@@](C)(C(=O)COC1CCCCO1)N(C)C(=O)c1ccc(C#Cc2coc(C=O)c2)cc1.CNC(=O)[C@@](C)(C(=O)COC1CCCCO1)N(C)C(=O)c1ccc(C#Cc2coc(CNC3CC3)c2)cc1.ClC(Cl)Cl.NC1CC1. The van der Waals surface area contributed by atoms with Crippen molar-refractivity contribution in [1.29, 1.82) is 0 Å². The fourth-order valence-electron chi connectivity index (χ4n) is 7.84. The number of hydrogen-bond acceptors (Lipinski definition) is 15. The molecule has 2 aromatic heterocycles. The van der Waals surface area contributed by atoms with Crippen LogP contribution in [-0.4, -0.2) is 146 Å². The summed E-state index contributed by atoms with van der Waals surface area (Å²) in [5, 5.41) is 8.37. The number of benzene rings is 2. The summed E-state index contributed by atoms with van der Waals surface area (Å²) in [6.07, 6.45) is 12.7. The van der Waals surface area contributed by atoms with Gasteiger partial charge in [-0.2, -0.15) is 0 Å². The van der Waals surface area contributed by atoms with Crippen LogP contribution in [0.1, 0.15) is 137 Å². The average molecular weight is 1180 g/mol. The minimum Gasteiger partial charge on any atom is -0.467 e. The Balaban J connectivity index is 0.000000262. The summed E-state index contributed by atoms with van der Waals surface area (Å²) < 4.78 is 32.0. The summed E-state index contributed by atoms with van der Waals surface area (Å²) in [5.41, 5.74) is 4.96. The molecule has 4 heterocycles. The van der Waals surface area contributed by atoms with Gasteiger partial charge in [0.15, 0.2) is 51.6 Å². The van der Waals surface area contributed by atoms with Crippen LogP contribution in [0.25, 0.3) is 0 Å². The van der Waals surface area contributed by atoms with Crippen molar-refractivity contribution in [3.8, 4) is 23.7 Å². The zero-order valence-corrected chi connectivity index (χ0v) is 48.7. The molecule has 4 aromatic rings. The molecule has 4 atom stereocenters. The van der Waals surface area contributed by atoms with Crippen molar-refractivity contribution >= 4 is 76.3 Å². The number of ketones is 2. The van der Waals surface area contributed by atoms with Gasteiger partial charge in [-0.1, -0.05) is 58.5 Å². The Hall–Kier alpha value is -6.36. The molecule has 22 heteroatoms. The first-order valence-electron chi connectivity index (χ1n) is 26.5. The zero-order valence-electron chi connectivity index (χ0n) is 46.4. The van der Waals surface area contributed by atoms with Gasteiger partial charge in [0, 0.05) is 81.8 Å². The number of hydrogen-bond donors (Lipinski definition) is 4. The van der Waals surface area contributed by atoms with Crippen molar-refractivity contribution in [1.82, 2.24) is 25.8 Å². The lowest BCUT2D eigenvalue weighted by Gasteiger charge is -2.36. The van der Waals surface area contributed by atoms with E-state index in [9.17, 15) is 33.6 Å². The van der Waals surface area contributed by atoms with Crippen LogP contribution in [0.2, 0.25) is 0 Å². The number of nitrogens with zero attached hydrogens (tertiary/aromatic N) is 2. The predicted molar refractivity (Wildman–Crippen MR) is 304 cm³/mol. The molecule has 2 saturated heterocycles. The van der Waals surface area contributed by atoms with Crippen LogP contribution in [0.15, 0.2) is 82.0 Å². The molecule has 19 nitrogen and oxygen atoms in total. The maximum absolute atomic E-state index is 13.3. The third-order valence-corrected chi connectivity index (χ3v) is 13.6. The number of aldehydes is 1. The van der Waals surface area contributed by atoms with Crippen LogP contribution in [0.3, 0.4) is 0 Å². The summed E-state index contributed by atoms with van der Waals surface area (Å²) in [6, 6.07) is 17.8. The number of rotatable bonds is 18. The van der Waals surface area contributed by atoms with Crippen molar-refractivity contribution in [2.75, 3.05) is 54.6 Å². The standard InChI is InChI=1S/C29H35N3O6.C26H28N2O7.C3H7N.CHCl3/c1-29(28(35)30-2,25(33)19-38-26-6-4-5-15-36-26)32(3)27(34)22-11-9-20(10-12-22)7-8-21-16-24(37-18-21)17-31-23-13-14-23;1-26(25(32)27-2,22(30)17-35-23-6-4-5-13-33-23)28(3)24(31)20-11-9-18(10-12-20)7-8-19-14-21(15-29)34-16-19;4-3-1-2-3;2-1(3)4/h9-12,16,18,23,26,31H,4-6,13-15,17,19H2,1-3H3,(H,30,35);9-12,14-16,23H,4-6,13,17H2,1-3H3,(H,27,32);3H,1-2,4H2;1H/t26?,29-;23?,26-;;/m11../s1. The molecule has 2 aromatic carbocycles. The Labute approximate surface area is 487 Å². The van der Waals surface area contributed by atoms with Gasteiger partial charge < -0.3 is 59.3 Å². The third kappa shape index (κ3) is 20.2. The Kier molecular flexibility index (Phi) is 26.1. The van der Waals surface area contributed by atoms with Gasteiger partial charge in [-0.15, -0.1) is 0 Å². The first-order valence-corrected chi connectivity index (χ1v) is 27.8. The van der Waals surface area contributed by atoms with Crippen LogP contribution >= 0.6 is 34.8 Å². The van der Waals surface area contributed by atoms with E-state index in [1.807, 2.05) is 6.07 Å². The number of carbonyl (C=O) groups excluding carboxylic acids is 7. The van der Waals surface area contributed by atoms with E-state index in [0.29, 0.717) is 73.2 Å². The largest absolute Gasteiger partial charge is 0.467 e. The minimum atomic E-state index is -1.78. The molecule has 4 amide bonds. The normalized spacial score (nSPS) is 17.7. The monoisotopic (exact) mass is 1180 g/mol. The first-order chi connectivity index (χ1) is 38.7. The van der Waals surface area contributed by atoms with E-state index in [2.05, 4.69) is 39.6 Å². The van der Waals surface area contributed by atoms with Crippen molar-refractivity contribution in [3.05, 3.63) is 118 Å². The molecule has 8 rings (SSSR count). The third-order valence-electron chi connectivity index (χ3n) is 13.6. The van der Waals surface area contributed by atoms with Gasteiger partial charge >= 0.3 is 0 Å². The number of nitrogens with two attached hydrogens (primary N) is 1. The molecule has 2 unspecified atom stereocenters. The van der Waals surface area contributed by atoms with Gasteiger partial charge in [0.1, 0.15) is 31.5 Å². The van der Waals surface area contributed by atoms with Gasteiger partial charge in [-0.05, 0) is 133 Å². The van der Waals surface area contributed by atoms with Crippen LogP contribution in [0, 0.1) is 23.7 Å². The van der Waals surface area contributed by atoms with Gasteiger partial charge in [0.05, 0.1) is 17.7 Å². The van der Waals surface area contributed by atoms with Gasteiger partial charge in [0.2, 0.25) is 0 Å². The lowest BCUT2D eigenvalue weighted by atomic mass is 9.92. The predicted octanol–water partition coefficient (Wildman–Crippen LogP) is 6.90. The van der Waals surface area contributed by atoms with Crippen LogP contribution in [-0.2, 0) is 44.7 Å². The highest BCUT2D eigenvalue weighted by atomic mass is 35.6. The Morgan fingerprint density at radius 2 is 1.06 bits per heavy atom. The van der Waals surface area contributed by atoms with Crippen molar-refractivity contribution < 1.29 is 61.3 Å². The van der Waals surface area contributed by atoms with Gasteiger partial charge in [-0.25, -0.2) is 0 Å². The van der Waals surface area contributed by atoms with E-state index in [1.165, 1.54) is 80.1 Å². The second kappa shape index (κ2) is 32.3. The number of halogens is 3. The quantitative estimate of drug-likeness (QED) is 0.0342. The molecular formula is C59H71Cl3N6O13. The van der Waals surface area contributed by atoms with Crippen LogP contribution in [0.5, 0.6) is 0 Å². The van der Waals surface area contributed by atoms with E-state index in [-0.39, 0.29) is 24.5 Å². The minimum absolute atomic E-state index is 0.184. The maximum Gasteiger partial charge on any atom is 0.254 e. The lowest BCUT2D eigenvalue weighted by molar-refractivity contribution is -0.174. The molecule has 5 N–H and O–H groups in total. The smallest absolute Gasteiger partial charge is 0.254 e. The van der Waals surface area contributed by atoms with Crippen molar-refractivity contribution in [2.24, 2.45) is 5.73 Å². The molecule has 2 saturated carbocycles. The van der Waals surface area contributed by atoms with E-state index < -0.39 is 63.1 Å². The first kappa shape index (κ1) is 65.5. The highest BCUT2D eigenvalue weighted by Crippen LogP contribution is 2.24. The van der Waals surface area contributed by atoms with Crippen LogP contribution in [0.4, 0.5) is 0 Å². The molecule has 0 spiro atoms. The van der Waals surface area contributed by atoms with E-state index in [4.69, 9.17) is 68.3 Å². The fraction of sp³-hybridized carbons (Fsp3) is 0.475. The van der Waals surface area contributed by atoms with Crippen LogP contribution < -0.4 is 21.7 Å². The molecule has 0 bridgehead atoms. The number of likely N-dealkylation sites (N-methyl/N-ethyl adjacent to an activating group) is 4. The van der Waals surface area contributed by atoms with Gasteiger partial charge in [0.25, 0.3) is 23.6 Å². The second-order valence-corrected chi connectivity index (χ2v) is 21.6. The number of nitrogens with one attached hydrogen (secondary N) is 3. The number of alkyl halides is 3. The maximum atomic E-state index is 13.3. The molecule has 0 radical (unpaired) electrons. The molecule has 4 fully saturated rings. The van der Waals surface area contributed by atoms with Crippen molar-refractivity contribution in [3.63, 3.8) is 0 Å². The number of Topliss-reactive ketones (excluding diaryl/α,β-unsaturated/α-hetero) is 2. The van der Waals surface area contributed by atoms with E-state index in [1.54, 1.807) is 54.8 Å². The molecule has 436 valence electrons. The summed E-state index contributed by atoms with van der Waals surface area (Å²) in [5.74, 6) is 9.67. The molecule has 2 aliphatic carbocycles. The summed E-state index contributed by atoms with van der Waals surface area (Å²) in [4.78, 5) is 91.3. The highest BCUT2D eigenvalue weighted by molar-refractivity contribution is 6.63. The molecule has 4 aliphatic rings. The number of furan rings is 2. The zero-order chi connectivity index (χ0) is 59.1. The number of carbonyl (C=O) groups is 7. The topological polar surface area (TPSA) is 251 Å². The number of ether oxygens (including phenoxy) is 4. The highest BCUT2D eigenvalue weighted by Gasteiger charge is 2.48. The molecular weight excluding hydrogens is 1110 g/mol. The second-order valence-electron chi connectivity index (χ2n) is 19.6. The fourth-order valence-corrected chi connectivity index (χ4v) is 7.84. The molecule has 81 heavy (non-hydrogen) atoms. The summed E-state index contributed by atoms with van der Waals surface area (Å²) in [6.45, 7) is 3.95. The Morgan fingerprint density at radius 1 is 0.654 bits per heavy atom.